The summed E-state index contributed by atoms with van der Waals surface area (Å²) in [4.78, 5) is 0. The Hall–Kier alpha value is -0.860. The second kappa shape index (κ2) is 5.32. The summed E-state index contributed by atoms with van der Waals surface area (Å²) in [7, 11) is 1.76. The van der Waals surface area contributed by atoms with Crippen LogP contribution in [0.25, 0.3) is 0 Å². The molecule has 0 heterocycles. The Balaban J connectivity index is 0.00000146. The maximum absolute atomic E-state index is 11.2. The first kappa shape index (κ1) is 16.6. The van der Waals surface area contributed by atoms with Crippen LogP contribution in [-0.4, -0.2) is 17.8 Å². The number of halogens is 1. The number of fused-ring (bicyclic) bond motifs is 9. The molecule has 0 aliphatic heterocycles. The lowest BCUT2D eigenvalue weighted by atomic mass is 9.50. The minimum atomic E-state index is -0.391. The number of aliphatic hydroxyl groups is 1. The predicted octanol–water partition coefficient (Wildman–Crippen LogP) is 1.26. The van der Waals surface area contributed by atoms with Crippen LogP contribution in [0.5, 0.6) is 5.75 Å². The van der Waals surface area contributed by atoms with E-state index in [4.69, 9.17) is 4.74 Å². The minimum Gasteiger partial charge on any atom is -1.00 e. The van der Waals surface area contributed by atoms with Crippen molar-refractivity contribution in [3.05, 3.63) is 35.2 Å². The number of methoxy groups -OCH3 is 1. The maximum atomic E-state index is 11.2. The van der Waals surface area contributed by atoms with Gasteiger partial charge >= 0.3 is 0 Å². The molecular formula is C21H27ClO2. The molecule has 5 rings (SSSR count). The molecular weight excluding hydrogens is 320 g/mol. The van der Waals surface area contributed by atoms with Gasteiger partial charge in [0.1, 0.15) is 34.5 Å². The maximum Gasteiger partial charge on any atom is 0.137 e. The van der Waals surface area contributed by atoms with Gasteiger partial charge in [0.15, 0.2) is 0 Å². The summed E-state index contributed by atoms with van der Waals surface area (Å²) in [5, 5.41) is 11.2. The average Bonchev–Trinajstić information content (AvgIpc) is 3.06. The molecule has 3 saturated carbocycles. The molecule has 0 saturated heterocycles. The summed E-state index contributed by atoms with van der Waals surface area (Å²) in [6.07, 6.45) is 8.13. The molecule has 24 heavy (non-hydrogen) atoms. The fraction of sp³-hybridized carbons (Fsp3) is 0.667. The van der Waals surface area contributed by atoms with E-state index in [-0.39, 0.29) is 17.8 Å². The van der Waals surface area contributed by atoms with Gasteiger partial charge in [-0.3, -0.25) is 0 Å². The van der Waals surface area contributed by atoms with E-state index in [2.05, 4.69) is 25.1 Å². The van der Waals surface area contributed by atoms with E-state index in [1.165, 1.54) is 37.7 Å². The highest BCUT2D eigenvalue weighted by atomic mass is 35.5. The smallest absolute Gasteiger partial charge is 0.137 e. The number of benzene rings is 1. The molecule has 2 nitrogen and oxygen atoms in total. The van der Waals surface area contributed by atoms with Crippen LogP contribution < -0.4 is 17.1 Å². The van der Waals surface area contributed by atoms with Crippen molar-refractivity contribution in [2.24, 2.45) is 17.3 Å². The zero-order valence-corrected chi connectivity index (χ0v) is 15.4. The molecule has 4 aliphatic carbocycles. The van der Waals surface area contributed by atoms with Crippen LogP contribution in [0.2, 0.25) is 0 Å². The third-order valence-corrected chi connectivity index (χ3v) is 7.91. The zero-order chi connectivity index (χ0) is 15.8. The number of aryl methyl sites for hydroxylation is 1. The largest absolute Gasteiger partial charge is 1.00 e. The van der Waals surface area contributed by atoms with E-state index in [0.29, 0.717) is 17.8 Å². The van der Waals surface area contributed by atoms with E-state index in [9.17, 15) is 5.11 Å². The van der Waals surface area contributed by atoms with Crippen molar-refractivity contribution in [2.75, 3.05) is 7.11 Å². The zero-order valence-electron chi connectivity index (χ0n) is 14.6. The van der Waals surface area contributed by atoms with Crippen molar-refractivity contribution in [2.45, 2.75) is 63.4 Å². The lowest BCUT2D eigenvalue weighted by Gasteiger charge is -2.48. The Morgan fingerprint density at radius 3 is 2.83 bits per heavy atom. The summed E-state index contributed by atoms with van der Waals surface area (Å²) < 4.78 is 5.42. The lowest BCUT2D eigenvalue weighted by Crippen LogP contribution is -3.00. The van der Waals surface area contributed by atoms with Crippen molar-refractivity contribution < 1.29 is 22.3 Å². The molecule has 0 spiro atoms. The normalized spacial score (nSPS) is 42.0. The van der Waals surface area contributed by atoms with Crippen LogP contribution in [-0.2, 0) is 6.42 Å². The number of hydrogen-bond donors (Lipinski definition) is 1. The first-order valence-electron chi connectivity index (χ1n) is 9.32. The highest BCUT2D eigenvalue weighted by molar-refractivity contribution is 5.44. The fourth-order valence-corrected chi connectivity index (χ4v) is 6.79. The van der Waals surface area contributed by atoms with Gasteiger partial charge in [0.25, 0.3) is 0 Å². The van der Waals surface area contributed by atoms with Gasteiger partial charge in [0.05, 0.1) is 7.11 Å². The van der Waals surface area contributed by atoms with Gasteiger partial charge in [-0.05, 0) is 68.7 Å². The molecule has 130 valence electrons. The first-order chi connectivity index (χ1) is 11.1. The highest BCUT2D eigenvalue weighted by Crippen LogP contribution is 2.72. The summed E-state index contributed by atoms with van der Waals surface area (Å²) >= 11 is 0. The minimum absolute atomic E-state index is 0. The third kappa shape index (κ3) is 1.90. The lowest BCUT2D eigenvalue weighted by molar-refractivity contribution is -0.0708. The van der Waals surface area contributed by atoms with Gasteiger partial charge in [-0.25, -0.2) is 0 Å². The van der Waals surface area contributed by atoms with E-state index in [0.717, 1.165) is 18.6 Å². The Morgan fingerprint density at radius 1 is 1.21 bits per heavy atom. The van der Waals surface area contributed by atoms with Crippen LogP contribution in [0.3, 0.4) is 0 Å². The molecule has 4 aliphatic rings. The summed E-state index contributed by atoms with van der Waals surface area (Å²) in [5.41, 5.74) is 2.77. The SMILES string of the molecule is COc1ccc2c(c1)CC[C@H]1[C+]3[C@H]4CC[C@@](O)(C4)[C@@]3(C)CC[C@H]21.[Cl-]. The van der Waals surface area contributed by atoms with Gasteiger partial charge < -0.3 is 22.3 Å². The van der Waals surface area contributed by atoms with Crippen molar-refractivity contribution in [3.8, 4) is 5.75 Å². The third-order valence-electron chi connectivity index (χ3n) is 7.91. The molecule has 0 aromatic heterocycles. The van der Waals surface area contributed by atoms with Crippen molar-refractivity contribution in [3.63, 3.8) is 0 Å². The van der Waals surface area contributed by atoms with Gasteiger partial charge in [-0.2, -0.15) is 0 Å². The molecule has 1 aromatic carbocycles. The van der Waals surface area contributed by atoms with Crippen LogP contribution >= 0.6 is 0 Å². The summed E-state index contributed by atoms with van der Waals surface area (Å²) in [6.45, 7) is 2.38. The average molecular weight is 347 g/mol. The predicted molar refractivity (Wildman–Crippen MR) is 90.4 cm³/mol. The van der Waals surface area contributed by atoms with E-state index in [1.54, 1.807) is 18.6 Å². The van der Waals surface area contributed by atoms with Gasteiger partial charge in [-0.15, -0.1) is 0 Å². The standard InChI is InChI=1S/C21H27O2.ClH/c1-20-9-8-17-16-6-4-15(23-2)11-13(16)3-5-18(17)19(20)14-7-10-21(20,22)12-14;/h4,6,11,14,17-18,22H,3,5,7-10,12H2,1-2H3;1H/q+1;/p-1/t14-,17+,18+,20-,21+;/m0./s1. The Morgan fingerprint density at radius 2 is 2.04 bits per heavy atom. The van der Waals surface area contributed by atoms with E-state index in [1.807, 2.05) is 0 Å². The second-order valence-corrected chi connectivity index (χ2v) is 8.61. The Kier molecular flexibility index (Phi) is 3.68. The second-order valence-electron chi connectivity index (χ2n) is 8.61. The van der Waals surface area contributed by atoms with Crippen molar-refractivity contribution in [1.82, 2.24) is 0 Å². The van der Waals surface area contributed by atoms with Gasteiger partial charge in [0.2, 0.25) is 0 Å². The van der Waals surface area contributed by atoms with Gasteiger partial charge in [0, 0.05) is 12.3 Å². The molecule has 1 N–H and O–H groups in total. The van der Waals surface area contributed by atoms with Crippen LogP contribution in [0.4, 0.5) is 0 Å². The van der Waals surface area contributed by atoms with Crippen LogP contribution in [0, 0.1) is 23.2 Å². The summed E-state index contributed by atoms with van der Waals surface area (Å²) in [6, 6.07) is 6.70. The summed E-state index contributed by atoms with van der Waals surface area (Å²) in [5.74, 6) is 4.82. The number of ether oxygens (including phenoxy) is 1. The molecule has 0 unspecified atom stereocenters. The molecule has 5 atom stereocenters. The Labute approximate surface area is 151 Å². The molecule has 0 radical (unpaired) electrons. The molecule has 1 aromatic rings. The monoisotopic (exact) mass is 346 g/mol. The Bertz CT molecular complexity index is 659. The van der Waals surface area contributed by atoms with Crippen LogP contribution in [0.1, 0.15) is 62.5 Å². The number of hydrogen-bond acceptors (Lipinski definition) is 2. The highest BCUT2D eigenvalue weighted by Gasteiger charge is 2.76. The molecule has 2 bridgehead atoms. The van der Waals surface area contributed by atoms with Crippen molar-refractivity contribution >= 4 is 0 Å². The molecule has 3 heteroatoms. The van der Waals surface area contributed by atoms with E-state index < -0.39 is 5.60 Å². The number of rotatable bonds is 1. The van der Waals surface area contributed by atoms with Gasteiger partial charge in [-0.1, -0.05) is 6.07 Å². The topological polar surface area (TPSA) is 29.5 Å². The first-order valence-corrected chi connectivity index (χ1v) is 9.32. The molecule has 3 fully saturated rings. The quantitative estimate of drug-likeness (QED) is 0.776. The van der Waals surface area contributed by atoms with E-state index >= 15 is 0 Å². The van der Waals surface area contributed by atoms with Crippen molar-refractivity contribution in [1.29, 1.82) is 0 Å². The molecule has 0 amide bonds. The fourth-order valence-electron chi connectivity index (χ4n) is 6.79. The van der Waals surface area contributed by atoms with Crippen LogP contribution in [0.15, 0.2) is 18.2 Å².